The van der Waals surface area contributed by atoms with E-state index in [0.717, 1.165) is 17.1 Å². The molecule has 1 aromatic carbocycles. The Balaban J connectivity index is 1.93. The molecular formula is C17H13F2N5. The van der Waals surface area contributed by atoms with Crippen molar-refractivity contribution in [2.24, 2.45) is 7.05 Å². The van der Waals surface area contributed by atoms with Crippen LogP contribution in [-0.4, -0.2) is 24.1 Å². The number of aryl methyl sites for hydroxylation is 1. The first-order chi connectivity index (χ1) is 11.6. The van der Waals surface area contributed by atoms with Crippen molar-refractivity contribution in [3.05, 3.63) is 72.1 Å². The lowest BCUT2D eigenvalue weighted by atomic mass is 10.1. The van der Waals surface area contributed by atoms with Crippen LogP contribution >= 0.6 is 0 Å². The third kappa shape index (κ3) is 2.44. The second kappa shape index (κ2) is 5.52. The average molecular weight is 325 g/mol. The molecule has 120 valence electrons. The number of fused-ring (bicyclic) bond motifs is 1. The molecule has 0 radical (unpaired) electrons. The number of aromatic nitrogens is 5. The highest BCUT2D eigenvalue weighted by Crippen LogP contribution is 2.26. The standard InChI is InChI=1S/C17H13F2N5/c1-23-16(20-10-21-23)8-14-17(11-2-4-12(18)5-3-11)22-15-7-6-13(19)9-24(14)15/h2-7,9-10H,8H2,1H3. The summed E-state index contributed by atoms with van der Waals surface area (Å²) in [5, 5.41) is 4.06. The van der Waals surface area contributed by atoms with Crippen LogP contribution in [0.2, 0.25) is 0 Å². The van der Waals surface area contributed by atoms with E-state index in [1.807, 2.05) is 0 Å². The monoisotopic (exact) mass is 325 g/mol. The second-order valence-corrected chi connectivity index (χ2v) is 5.47. The molecule has 0 spiro atoms. The molecule has 0 amide bonds. The van der Waals surface area contributed by atoms with Crippen molar-refractivity contribution in [1.29, 1.82) is 0 Å². The normalized spacial score (nSPS) is 11.3. The molecule has 5 nitrogen and oxygen atoms in total. The van der Waals surface area contributed by atoms with Gasteiger partial charge in [0.15, 0.2) is 0 Å². The van der Waals surface area contributed by atoms with Crippen molar-refractivity contribution in [1.82, 2.24) is 24.1 Å². The summed E-state index contributed by atoms with van der Waals surface area (Å²) < 4.78 is 30.3. The Kier molecular flexibility index (Phi) is 3.34. The van der Waals surface area contributed by atoms with Gasteiger partial charge in [-0.2, -0.15) is 5.10 Å². The summed E-state index contributed by atoms with van der Waals surface area (Å²) in [4.78, 5) is 8.81. The van der Waals surface area contributed by atoms with E-state index < -0.39 is 0 Å². The van der Waals surface area contributed by atoms with Gasteiger partial charge in [-0.15, -0.1) is 0 Å². The van der Waals surface area contributed by atoms with E-state index in [0.29, 0.717) is 17.8 Å². The molecule has 0 bridgehead atoms. The number of pyridine rings is 1. The van der Waals surface area contributed by atoms with Crippen molar-refractivity contribution in [3.8, 4) is 11.3 Å². The van der Waals surface area contributed by atoms with Gasteiger partial charge in [0, 0.05) is 18.8 Å². The highest BCUT2D eigenvalue weighted by Gasteiger charge is 2.17. The molecule has 0 saturated heterocycles. The summed E-state index contributed by atoms with van der Waals surface area (Å²) in [5.74, 6) is 0.0533. The zero-order valence-electron chi connectivity index (χ0n) is 12.8. The van der Waals surface area contributed by atoms with Gasteiger partial charge in [-0.1, -0.05) is 0 Å². The molecule has 0 aliphatic carbocycles. The first kappa shape index (κ1) is 14.5. The lowest BCUT2D eigenvalue weighted by molar-refractivity contribution is 0.617. The molecule has 24 heavy (non-hydrogen) atoms. The molecule has 4 aromatic rings. The average Bonchev–Trinajstić information content (AvgIpc) is 3.13. The van der Waals surface area contributed by atoms with E-state index in [2.05, 4.69) is 15.1 Å². The van der Waals surface area contributed by atoms with Crippen LogP contribution in [-0.2, 0) is 13.5 Å². The molecule has 0 atom stereocenters. The molecule has 0 aliphatic heterocycles. The molecule has 3 heterocycles. The van der Waals surface area contributed by atoms with Crippen molar-refractivity contribution in [3.63, 3.8) is 0 Å². The van der Waals surface area contributed by atoms with Crippen LogP contribution in [0, 0.1) is 11.6 Å². The quantitative estimate of drug-likeness (QED) is 0.582. The Morgan fingerprint density at radius 1 is 1.00 bits per heavy atom. The summed E-state index contributed by atoms with van der Waals surface area (Å²) >= 11 is 0. The number of rotatable bonds is 3. The molecule has 0 aliphatic rings. The van der Waals surface area contributed by atoms with Gasteiger partial charge in [-0.25, -0.2) is 18.7 Å². The van der Waals surface area contributed by atoms with Gasteiger partial charge in [-0.3, -0.25) is 4.68 Å². The topological polar surface area (TPSA) is 48.0 Å². The van der Waals surface area contributed by atoms with Crippen LogP contribution in [0.5, 0.6) is 0 Å². The van der Waals surface area contributed by atoms with Crippen LogP contribution in [0.3, 0.4) is 0 Å². The smallest absolute Gasteiger partial charge is 0.139 e. The third-order valence-corrected chi connectivity index (χ3v) is 3.93. The summed E-state index contributed by atoms with van der Waals surface area (Å²) in [7, 11) is 1.80. The van der Waals surface area contributed by atoms with Gasteiger partial charge in [-0.05, 0) is 36.4 Å². The van der Waals surface area contributed by atoms with Gasteiger partial charge in [0.1, 0.15) is 29.4 Å². The molecule has 0 unspecified atom stereocenters. The molecule has 4 rings (SSSR count). The minimum absolute atomic E-state index is 0.316. The largest absolute Gasteiger partial charge is 0.300 e. The number of hydrogen-bond donors (Lipinski definition) is 0. The highest BCUT2D eigenvalue weighted by molar-refractivity contribution is 5.67. The van der Waals surface area contributed by atoms with E-state index in [4.69, 9.17) is 0 Å². The van der Waals surface area contributed by atoms with Gasteiger partial charge >= 0.3 is 0 Å². The number of nitrogens with zero attached hydrogens (tertiary/aromatic N) is 5. The SMILES string of the molecule is Cn1ncnc1Cc1c(-c2ccc(F)cc2)nc2ccc(F)cn12. The van der Waals surface area contributed by atoms with Crippen LogP contribution < -0.4 is 0 Å². The first-order valence-corrected chi connectivity index (χ1v) is 7.37. The van der Waals surface area contributed by atoms with Crippen LogP contribution in [0.15, 0.2) is 48.9 Å². The Morgan fingerprint density at radius 3 is 2.46 bits per heavy atom. The number of imidazole rings is 1. The Hall–Kier alpha value is -3.09. The maximum Gasteiger partial charge on any atom is 0.139 e. The summed E-state index contributed by atoms with van der Waals surface area (Å²) in [6.07, 6.45) is 3.28. The van der Waals surface area contributed by atoms with Crippen LogP contribution in [0.25, 0.3) is 16.9 Å². The van der Waals surface area contributed by atoms with Gasteiger partial charge in [0.05, 0.1) is 17.8 Å². The van der Waals surface area contributed by atoms with E-state index >= 15 is 0 Å². The zero-order valence-corrected chi connectivity index (χ0v) is 12.8. The number of benzene rings is 1. The van der Waals surface area contributed by atoms with Gasteiger partial charge < -0.3 is 4.40 Å². The predicted molar refractivity (Wildman–Crippen MR) is 84.4 cm³/mol. The van der Waals surface area contributed by atoms with E-state index in [-0.39, 0.29) is 11.6 Å². The fraction of sp³-hybridized carbons (Fsp3) is 0.118. The number of halogens is 2. The lowest BCUT2D eigenvalue weighted by Crippen LogP contribution is -2.04. The van der Waals surface area contributed by atoms with E-state index in [1.165, 1.54) is 30.7 Å². The number of hydrogen-bond acceptors (Lipinski definition) is 3. The molecule has 0 N–H and O–H groups in total. The molecule has 7 heteroatoms. The first-order valence-electron chi connectivity index (χ1n) is 7.37. The second-order valence-electron chi connectivity index (χ2n) is 5.47. The van der Waals surface area contributed by atoms with Gasteiger partial charge in [0.25, 0.3) is 0 Å². The molecular weight excluding hydrogens is 312 g/mol. The van der Waals surface area contributed by atoms with Crippen molar-refractivity contribution < 1.29 is 8.78 Å². The van der Waals surface area contributed by atoms with E-state index in [9.17, 15) is 8.78 Å². The van der Waals surface area contributed by atoms with Crippen LogP contribution in [0.4, 0.5) is 8.78 Å². The Morgan fingerprint density at radius 2 is 1.75 bits per heavy atom. The van der Waals surface area contributed by atoms with E-state index in [1.54, 1.807) is 34.3 Å². The third-order valence-electron chi connectivity index (χ3n) is 3.93. The Labute approximate surface area is 136 Å². The zero-order chi connectivity index (χ0) is 16.7. The van der Waals surface area contributed by atoms with Crippen LogP contribution in [0.1, 0.15) is 11.5 Å². The van der Waals surface area contributed by atoms with Crippen molar-refractivity contribution in [2.75, 3.05) is 0 Å². The minimum atomic E-state index is -0.357. The summed E-state index contributed by atoms with van der Waals surface area (Å²) in [6.45, 7) is 0. The molecule has 3 aromatic heterocycles. The molecule has 0 saturated carbocycles. The maximum atomic E-state index is 13.7. The highest BCUT2D eigenvalue weighted by atomic mass is 19.1. The van der Waals surface area contributed by atoms with Crippen molar-refractivity contribution >= 4 is 5.65 Å². The molecule has 0 fully saturated rings. The fourth-order valence-corrected chi connectivity index (χ4v) is 2.71. The lowest BCUT2D eigenvalue weighted by Gasteiger charge is -2.05. The predicted octanol–water partition coefficient (Wildman–Crippen LogP) is 3.00. The minimum Gasteiger partial charge on any atom is -0.300 e. The van der Waals surface area contributed by atoms with Gasteiger partial charge in [0.2, 0.25) is 0 Å². The summed E-state index contributed by atoms with van der Waals surface area (Å²) in [6, 6.07) is 9.06. The maximum absolute atomic E-state index is 13.7. The summed E-state index contributed by atoms with van der Waals surface area (Å²) in [5.41, 5.74) is 2.82. The fourth-order valence-electron chi connectivity index (χ4n) is 2.71. The van der Waals surface area contributed by atoms with Crippen molar-refractivity contribution in [2.45, 2.75) is 6.42 Å². The Bertz CT molecular complexity index is 1020.